The van der Waals surface area contributed by atoms with Gasteiger partial charge in [0.25, 0.3) is 11.7 Å². The highest BCUT2D eigenvalue weighted by molar-refractivity contribution is 6.39. The number of aliphatic hydroxyl groups excluding tert-OH is 1. The second-order valence-electron chi connectivity index (χ2n) is 25.4. The average molecular weight is 1230 g/mol. The van der Waals surface area contributed by atoms with Crippen LogP contribution in [-0.2, 0) is 73.1 Å². The number of aliphatic hydroxyl groups is 2. The van der Waals surface area contributed by atoms with Gasteiger partial charge in [0, 0.05) is 117 Å². The maximum atomic E-state index is 14.7. The van der Waals surface area contributed by atoms with Gasteiger partial charge in [-0.05, 0) is 119 Å². The predicted octanol–water partition coefficient (Wildman–Crippen LogP) is 6.94. The zero-order valence-corrected chi connectivity index (χ0v) is 54.3. The first-order chi connectivity index (χ1) is 42.1. The number of Topliss-reactive ketones (excluding diaryl/α,β-unsaturated/α-hetero) is 3. The third kappa shape index (κ3) is 20.5. The average Bonchev–Trinajstić information content (AvgIpc) is 3.59. The predicted molar refractivity (Wildman–Crippen MR) is 331 cm³/mol. The standard InChI is InChI=1S/C67H103N5O16/c1-43-17-13-12-14-18-44(2)56(82-9)39-52-23-20-49(7)67(80,88-52)63(77)64(78)72-26-16-15-19-53(72)65(79)87-57(40-54(73)45(3)36-48(6)61(76)62(84-11)60(75)47(5)35-43)46(4)37-50-21-24-55(58(38-50)83-10)86-59(74)25-22-51-41-68-66(69-42-51)71-29-27-70(28-30-71)31-32-85-34-33-81-8/h12-14,17-18,36,41-43,45-47,49-50,52-53,55-58,61-62,76,80H,15-16,19-35,37-40H2,1-11H3/b14-12+,17-13+,44-18+,48-36+/t43-,45-,46-,47-,49-,50+,52+,53+,55-,56+,57+,58-,61-,62+,67-/m1/s1. The quantitative estimate of drug-likeness (QED) is 0.0693. The van der Waals surface area contributed by atoms with Crippen LogP contribution in [0.5, 0.6) is 0 Å². The van der Waals surface area contributed by atoms with Gasteiger partial charge in [-0.15, -0.1) is 0 Å². The van der Waals surface area contributed by atoms with Gasteiger partial charge in [-0.25, -0.2) is 14.8 Å². The Hall–Kier alpha value is -5.10. The van der Waals surface area contributed by atoms with Crippen molar-refractivity contribution in [2.24, 2.45) is 35.5 Å². The number of ketones is 3. The number of fused-ring (bicyclic) bond motifs is 3. The molecule has 4 aliphatic heterocycles. The van der Waals surface area contributed by atoms with E-state index in [1.165, 1.54) is 12.0 Å². The monoisotopic (exact) mass is 1230 g/mol. The maximum absolute atomic E-state index is 14.7. The van der Waals surface area contributed by atoms with Crippen LogP contribution in [0.2, 0.25) is 0 Å². The lowest BCUT2D eigenvalue weighted by molar-refractivity contribution is -0.265. The van der Waals surface area contributed by atoms with Gasteiger partial charge in [-0.3, -0.25) is 28.9 Å². The van der Waals surface area contributed by atoms with E-state index in [-0.39, 0.29) is 55.2 Å². The number of anilines is 1. The van der Waals surface area contributed by atoms with Gasteiger partial charge in [0.15, 0.2) is 5.78 Å². The molecule has 6 rings (SSSR count). The number of carbonyl (C=O) groups excluding carboxylic acids is 6. The molecule has 4 fully saturated rings. The first-order valence-electron chi connectivity index (χ1n) is 32.1. The van der Waals surface area contributed by atoms with E-state index in [2.05, 4.69) is 19.8 Å². The molecule has 1 aliphatic carbocycles. The second-order valence-corrected chi connectivity index (χ2v) is 25.4. The fraction of sp³-hybridized carbons (Fsp3) is 0.731. The molecule has 21 heteroatoms. The number of ether oxygens (including phenoxy) is 8. The summed E-state index contributed by atoms with van der Waals surface area (Å²) in [6.07, 6.45) is 14.6. The van der Waals surface area contributed by atoms with Crippen LogP contribution in [0.1, 0.15) is 138 Å². The van der Waals surface area contributed by atoms with Crippen LogP contribution in [-0.4, -0.2) is 207 Å². The summed E-state index contributed by atoms with van der Waals surface area (Å²) in [7, 11) is 6.20. The van der Waals surface area contributed by atoms with Gasteiger partial charge in [0.1, 0.15) is 36.2 Å². The van der Waals surface area contributed by atoms with Crippen LogP contribution in [0.15, 0.2) is 60.0 Å². The van der Waals surface area contributed by atoms with Gasteiger partial charge in [-0.1, -0.05) is 71.1 Å². The van der Waals surface area contributed by atoms with Crippen molar-refractivity contribution in [3.63, 3.8) is 0 Å². The van der Waals surface area contributed by atoms with Crippen LogP contribution in [0, 0.1) is 35.5 Å². The molecule has 2 N–H and O–H groups in total. The van der Waals surface area contributed by atoms with E-state index >= 15 is 0 Å². The van der Waals surface area contributed by atoms with Crippen molar-refractivity contribution in [3.05, 3.63) is 65.6 Å². The number of allylic oxidation sites excluding steroid dienone is 6. The Morgan fingerprint density at radius 2 is 1.55 bits per heavy atom. The molecule has 5 heterocycles. The molecule has 0 radical (unpaired) electrons. The van der Waals surface area contributed by atoms with Crippen LogP contribution < -0.4 is 4.90 Å². The molecule has 1 aromatic heterocycles. The Morgan fingerprint density at radius 3 is 2.24 bits per heavy atom. The number of nitrogens with zero attached hydrogens (tertiary/aromatic N) is 5. The van der Waals surface area contributed by atoms with Crippen LogP contribution in [0.3, 0.4) is 0 Å². The van der Waals surface area contributed by atoms with E-state index in [1.807, 2.05) is 58.1 Å². The number of hydrogen-bond acceptors (Lipinski definition) is 20. The number of amides is 1. The topological polar surface area (TPSA) is 252 Å². The summed E-state index contributed by atoms with van der Waals surface area (Å²) in [5.41, 5.74) is 2.06. The molecular weight excluding hydrogens is 1130 g/mol. The number of aryl methyl sites for hydroxylation is 1. The van der Waals surface area contributed by atoms with E-state index in [1.54, 1.807) is 60.6 Å². The molecular formula is C67H103N5O16. The molecule has 3 saturated heterocycles. The lowest BCUT2D eigenvalue weighted by Gasteiger charge is -2.42. The minimum absolute atomic E-state index is 0.00418. The normalized spacial score (nSPS) is 34.1. The summed E-state index contributed by atoms with van der Waals surface area (Å²) in [5.74, 6) is -8.13. The summed E-state index contributed by atoms with van der Waals surface area (Å²) in [6.45, 7) is 18.7. The van der Waals surface area contributed by atoms with E-state index < -0.39 is 95.9 Å². The number of esters is 2. The van der Waals surface area contributed by atoms with Crippen molar-refractivity contribution >= 4 is 41.1 Å². The van der Waals surface area contributed by atoms with Gasteiger partial charge >= 0.3 is 11.9 Å². The summed E-state index contributed by atoms with van der Waals surface area (Å²) < 4.78 is 46.8. The third-order valence-electron chi connectivity index (χ3n) is 18.7. The van der Waals surface area contributed by atoms with E-state index in [0.717, 1.165) is 43.9 Å². The number of cyclic esters (lactones) is 1. The molecule has 15 atom stereocenters. The Labute approximate surface area is 522 Å². The Balaban J connectivity index is 1.15. The maximum Gasteiger partial charge on any atom is 0.329 e. The molecule has 0 spiro atoms. The van der Waals surface area contributed by atoms with E-state index in [4.69, 9.17) is 37.9 Å². The minimum atomic E-state index is -2.46. The lowest BCUT2D eigenvalue weighted by Crippen LogP contribution is -2.61. The third-order valence-corrected chi connectivity index (χ3v) is 18.7. The van der Waals surface area contributed by atoms with Gasteiger partial charge in [-0.2, -0.15) is 0 Å². The van der Waals surface area contributed by atoms with Crippen LogP contribution in [0.4, 0.5) is 5.95 Å². The Kier molecular flexibility index (Phi) is 29.0. The van der Waals surface area contributed by atoms with Crippen molar-refractivity contribution in [1.29, 1.82) is 0 Å². The van der Waals surface area contributed by atoms with Crippen molar-refractivity contribution in [2.75, 3.05) is 92.4 Å². The Morgan fingerprint density at radius 1 is 0.807 bits per heavy atom. The lowest BCUT2D eigenvalue weighted by atomic mass is 9.78. The van der Waals surface area contributed by atoms with Gasteiger partial charge in [0.2, 0.25) is 11.7 Å². The van der Waals surface area contributed by atoms with Crippen molar-refractivity contribution < 1.29 is 76.9 Å². The summed E-state index contributed by atoms with van der Waals surface area (Å²) >= 11 is 0. The molecule has 1 aromatic rings. The minimum Gasteiger partial charge on any atom is -0.460 e. The summed E-state index contributed by atoms with van der Waals surface area (Å²) in [5, 5.41) is 23.7. The highest BCUT2D eigenvalue weighted by atomic mass is 16.6. The van der Waals surface area contributed by atoms with E-state index in [0.29, 0.717) is 102 Å². The number of hydrogen-bond donors (Lipinski definition) is 2. The molecule has 0 unspecified atom stereocenters. The SMILES string of the molecule is COCCOCCN1CCN(c2ncc(CCC(=O)O[C@@H]3CC[C@@H](C[C@@H](C)[C@@H]4CC(=O)[C@H](C)/C=C(\C)[C@@H](O)[C@@H](OC)C(=O)[C@H](C)C[C@H](C)/C=C/C=C/C=C(\C)[C@@H](OC)C[C@@H]5CC[C@@H](C)[C@@](O)(O5)C(=O)C(=O)N5CCCC[C@H]5C(=O)O4)C[C@H]3OC)cn2)CC1. The van der Waals surface area contributed by atoms with Crippen LogP contribution in [0.25, 0.3) is 0 Å². The molecule has 0 aromatic carbocycles. The fourth-order valence-electron chi connectivity index (χ4n) is 13.0. The smallest absolute Gasteiger partial charge is 0.329 e. The van der Waals surface area contributed by atoms with Crippen molar-refractivity contribution in [3.8, 4) is 0 Å². The number of piperidine rings is 1. The van der Waals surface area contributed by atoms with Crippen molar-refractivity contribution in [2.45, 2.75) is 193 Å². The van der Waals surface area contributed by atoms with Crippen molar-refractivity contribution in [1.82, 2.24) is 19.8 Å². The highest BCUT2D eigenvalue weighted by Gasteiger charge is 2.53. The molecule has 2 bridgehead atoms. The number of aromatic nitrogens is 2. The zero-order valence-electron chi connectivity index (χ0n) is 54.3. The number of piperazine rings is 1. The number of rotatable bonds is 17. The number of carbonyl (C=O) groups is 6. The molecule has 21 nitrogen and oxygen atoms in total. The second kappa shape index (κ2) is 35.5. The first kappa shape index (κ1) is 72.0. The number of methoxy groups -OCH3 is 4. The molecule has 88 heavy (non-hydrogen) atoms. The largest absolute Gasteiger partial charge is 0.460 e. The first-order valence-corrected chi connectivity index (χ1v) is 32.1. The van der Waals surface area contributed by atoms with Gasteiger partial charge in [0.05, 0.1) is 38.1 Å². The van der Waals surface area contributed by atoms with Gasteiger partial charge < -0.3 is 57.9 Å². The summed E-state index contributed by atoms with van der Waals surface area (Å²) in [6, 6.07) is -1.19. The van der Waals surface area contributed by atoms with Crippen LogP contribution >= 0.6 is 0 Å². The Bertz CT molecular complexity index is 2550. The molecule has 5 aliphatic rings. The molecule has 492 valence electrons. The fourth-order valence-corrected chi connectivity index (χ4v) is 13.0. The van der Waals surface area contributed by atoms with E-state index in [9.17, 15) is 39.0 Å². The highest BCUT2D eigenvalue weighted by Crippen LogP contribution is 2.38. The summed E-state index contributed by atoms with van der Waals surface area (Å²) in [4.78, 5) is 100. The zero-order chi connectivity index (χ0) is 64.1. The molecule has 1 amide bonds. The molecule has 1 saturated carbocycles.